The summed E-state index contributed by atoms with van der Waals surface area (Å²) in [6.45, 7) is 9.88. The van der Waals surface area contributed by atoms with Gasteiger partial charge in [0.15, 0.2) is 0 Å². The van der Waals surface area contributed by atoms with Gasteiger partial charge >= 0.3 is 20.8 Å². The van der Waals surface area contributed by atoms with E-state index in [2.05, 4.69) is 8.37 Å². The highest BCUT2D eigenvalue weighted by atomic mass is 32.3. The lowest BCUT2D eigenvalue weighted by atomic mass is 10.2. The third-order valence-corrected chi connectivity index (χ3v) is 9.37. The van der Waals surface area contributed by atoms with Crippen LogP contribution in [0.1, 0.15) is 6.92 Å². The van der Waals surface area contributed by atoms with Gasteiger partial charge in [-0.15, -0.1) is 0 Å². The minimum atomic E-state index is -4.56. The summed E-state index contributed by atoms with van der Waals surface area (Å²) < 4.78 is 94.3. The van der Waals surface area contributed by atoms with E-state index in [-0.39, 0.29) is 0 Å². The largest absolute Gasteiger partial charge is 0.390 e. The zero-order valence-corrected chi connectivity index (χ0v) is 21.0. The van der Waals surface area contributed by atoms with Crippen molar-refractivity contribution in [3.8, 4) is 0 Å². The van der Waals surface area contributed by atoms with E-state index in [1.165, 1.54) is 6.92 Å². The molecule has 0 rings (SSSR count). The van der Waals surface area contributed by atoms with E-state index in [4.69, 9.17) is 11.9 Å². The molecule has 0 saturated carbocycles. The van der Waals surface area contributed by atoms with Gasteiger partial charge in [0, 0.05) is 0 Å². The molecule has 27 heavy (non-hydrogen) atoms. The molecule has 164 valence electrons. The summed E-state index contributed by atoms with van der Waals surface area (Å²) in [7, 11) is -18.1. The fourth-order valence-corrected chi connectivity index (χ4v) is 8.28. The SMILES string of the molecule is CC(OS(C)(=O)=O)C(COS(=O)(=O)O[Si](C)(C)C)OS(=O)(=O)O[Si](C)(C)C. The Morgan fingerprint density at radius 3 is 1.52 bits per heavy atom. The topological polar surface area (TPSA) is 149 Å². The highest BCUT2D eigenvalue weighted by Crippen LogP contribution is 2.18. The fourth-order valence-electron chi connectivity index (χ4n) is 1.54. The normalized spacial score (nSPS) is 16.9. The lowest BCUT2D eigenvalue weighted by Crippen LogP contribution is -2.40. The molecular formula is C11H28O11S3Si2. The second kappa shape index (κ2) is 9.27. The van der Waals surface area contributed by atoms with Crippen molar-refractivity contribution in [1.29, 1.82) is 0 Å². The van der Waals surface area contributed by atoms with Gasteiger partial charge in [-0.3, -0.25) is 11.9 Å². The van der Waals surface area contributed by atoms with Crippen molar-refractivity contribution in [2.45, 2.75) is 58.4 Å². The molecule has 2 atom stereocenters. The summed E-state index contributed by atoms with van der Waals surface area (Å²) in [6.07, 6.45) is -2.26. The monoisotopic (exact) mass is 488 g/mol. The first kappa shape index (κ1) is 27.1. The van der Waals surface area contributed by atoms with E-state index in [1.54, 1.807) is 39.3 Å². The van der Waals surface area contributed by atoms with Gasteiger partial charge in [-0.1, -0.05) is 0 Å². The highest BCUT2D eigenvalue weighted by Gasteiger charge is 2.34. The van der Waals surface area contributed by atoms with Gasteiger partial charge in [0.05, 0.1) is 12.9 Å². The maximum absolute atomic E-state index is 12.0. The Morgan fingerprint density at radius 2 is 1.15 bits per heavy atom. The summed E-state index contributed by atoms with van der Waals surface area (Å²) in [6, 6.07) is 0. The van der Waals surface area contributed by atoms with Gasteiger partial charge in [0.25, 0.3) is 10.1 Å². The molecular weight excluding hydrogens is 460 g/mol. The molecule has 0 saturated heterocycles. The van der Waals surface area contributed by atoms with E-state index in [0.717, 1.165) is 6.26 Å². The molecule has 0 aliphatic rings. The first-order chi connectivity index (χ1) is 11.6. The van der Waals surface area contributed by atoms with Crippen molar-refractivity contribution in [1.82, 2.24) is 0 Å². The highest BCUT2D eigenvalue weighted by molar-refractivity contribution is 7.86. The summed E-state index contributed by atoms with van der Waals surface area (Å²) in [5.74, 6) is 0. The van der Waals surface area contributed by atoms with Crippen LogP contribution < -0.4 is 0 Å². The first-order valence-corrected chi connectivity index (χ1v) is 19.0. The lowest BCUT2D eigenvalue weighted by molar-refractivity contribution is 0.0322. The van der Waals surface area contributed by atoms with Crippen LogP contribution in [-0.4, -0.2) is 67.0 Å². The van der Waals surface area contributed by atoms with Crippen molar-refractivity contribution >= 4 is 47.6 Å². The van der Waals surface area contributed by atoms with Crippen molar-refractivity contribution in [2.24, 2.45) is 0 Å². The number of hydrogen-bond donors (Lipinski definition) is 0. The van der Waals surface area contributed by atoms with Crippen molar-refractivity contribution in [2.75, 3.05) is 12.9 Å². The lowest BCUT2D eigenvalue weighted by Gasteiger charge is -2.25. The average Bonchev–Trinajstić information content (AvgIpc) is 2.25. The predicted octanol–water partition coefficient (Wildman–Crippen LogP) is 0.946. The van der Waals surface area contributed by atoms with E-state index in [0.29, 0.717) is 0 Å². The third kappa shape index (κ3) is 14.7. The predicted molar refractivity (Wildman–Crippen MR) is 103 cm³/mol. The first-order valence-electron chi connectivity index (χ1n) is 7.73. The van der Waals surface area contributed by atoms with Crippen LogP contribution in [0.5, 0.6) is 0 Å². The van der Waals surface area contributed by atoms with Crippen molar-refractivity contribution in [3.63, 3.8) is 0 Å². The Morgan fingerprint density at radius 1 is 0.741 bits per heavy atom. The zero-order valence-electron chi connectivity index (χ0n) is 16.6. The van der Waals surface area contributed by atoms with Gasteiger partial charge in [-0.25, -0.2) is 8.37 Å². The third-order valence-electron chi connectivity index (χ3n) is 2.17. The van der Waals surface area contributed by atoms with Gasteiger partial charge < -0.3 is 0 Å². The average molecular weight is 489 g/mol. The van der Waals surface area contributed by atoms with Gasteiger partial charge in [-0.2, -0.15) is 25.3 Å². The van der Waals surface area contributed by atoms with E-state index in [1.807, 2.05) is 0 Å². The molecule has 0 aromatic heterocycles. The molecule has 0 N–H and O–H groups in total. The molecule has 2 unspecified atom stereocenters. The molecule has 0 aliphatic heterocycles. The van der Waals surface area contributed by atoms with Crippen LogP contribution in [0.2, 0.25) is 39.3 Å². The summed E-state index contributed by atoms with van der Waals surface area (Å²) in [5, 5.41) is 0. The van der Waals surface area contributed by atoms with Crippen LogP contribution in [0.3, 0.4) is 0 Å². The van der Waals surface area contributed by atoms with Crippen LogP contribution in [-0.2, 0) is 51.2 Å². The fraction of sp³-hybridized carbons (Fsp3) is 1.00. The van der Waals surface area contributed by atoms with Gasteiger partial charge in [-0.05, 0) is 46.2 Å². The Hall–Kier alpha value is 0.0838. The van der Waals surface area contributed by atoms with E-state index < -0.39 is 66.4 Å². The summed E-state index contributed by atoms with van der Waals surface area (Å²) >= 11 is 0. The minimum Gasteiger partial charge on any atom is -0.294 e. The van der Waals surface area contributed by atoms with Crippen LogP contribution in [0.15, 0.2) is 0 Å². The Bertz CT molecular complexity index is 791. The molecule has 16 heteroatoms. The molecule has 0 fully saturated rings. The maximum Gasteiger partial charge on any atom is 0.390 e. The van der Waals surface area contributed by atoms with Gasteiger partial charge in [0.2, 0.25) is 16.6 Å². The second-order valence-electron chi connectivity index (χ2n) is 7.63. The molecule has 0 aliphatic carbocycles. The van der Waals surface area contributed by atoms with Crippen molar-refractivity contribution < 1.29 is 45.5 Å². The summed E-state index contributed by atoms with van der Waals surface area (Å²) in [5.41, 5.74) is 0. The summed E-state index contributed by atoms with van der Waals surface area (Å²) in [4.78, 5) is 0. The van der Waals surface area contributed by atoms with Crippen LogP contribution in [0.4, 0.5) is 0 Å². The Labute approximate surface area is 164 Å². The quantitative estimate of drug-likeness (QED) is 0.285. The second-order valence-corrected chi connectivity index (χ2v) is 21.1. The number of rotatable bonds is 12. The zero-order chi connectivity index (χ0) is 21.9. The number of hydrogen-bond acceptors (Lipinski definition) is 11. The van der Waals surface area contributed by atoms with Crippen LogP contribution in [0, 0.1) is 0 Å². The molecule has 0 radical (unpaired) electrons. The van der Waals surface area contributed by atoms with Gasteiger partial charge in [0.1, 0.15) is 12.2 Å². The molecule has 0 amide bonds. The molecule has 0 aromatic carbocycles. The molecule has 0 heterocycles. The molecule has 0 aromatic rings. The molecule has 11 nitrogen and oxygen atoms in total. The smallest absolute Gasteiger partial charge is 0.294 e. The maximum atomic E-state index is 12.0. The minimum absolute atomic E-state index is 0.750. The van der Waals surface area contributed by atoms with Crippen LogP contribution >= 0.6 is 0 Å². The Balaban J connectivity index is 5.44. The Kier molecular flexibility index (Phi) is 9.30. The van der Waals surface area contributed by atoms with Crippen LogP contribution in [0.25, 0.3) is 0 Å². The van der Waals surface area contributed by atoms with E-state index >= 15 is 0 Å². The standard InChI is InChI=1S/C11H28O11S3Si2/c1-10(19-23(2,12)13)11(20-25(16,17)22-27(6,7)8)9-18-24(14,15)21-26(3,4)5/h10-11H,9H2,1-8H3. The van der Waals surface area contributed by atoms with Crippen molar-refractivity contribution in [3.05, 3.63) is 0 Å². The molecule has 0 bridgehead atoms. The molecule has 0 spiro atoms. The van der Waals surface area contributed by atoms with E-state index in [9.17, 15) is 25.3 Å².